The number of piperazine rings is 1. The molecule has 0 N–H and O–H groups in total. The minimum Gasteiger partial charge on any atom is -0.369 e. The van der Waals surface area contributed by atoms with Crippen LogP contribution in [0.3, 0.4) is 0 Å². The lowest BCUT2D eigenvalue weighted by atomic mass is 10.00. The van der Waals surface area contributed by atoms with Crippen LogP contribution in [0.25, 0.3) is 0 Å². The number of hydrogen-bond donors (Lipinski definition) is 0. The van der Waals surface area contributed by atoms with Crippen LogP contribution in [0.2, 0.25) is 0 Å². The van der Waals surface area contributed by atoms with E-state index >= 15 is 0 Å². The lowest BCUT2D eigenvalue weighted by Gasteiger charge is -2.41. The zero-order valence-electron chi connectivity index (χ0n) is 17.0. The molecule has 26 heavy (non-hydrogen) atoms. The summed E-state index contributed by atoms with van der Waals surface area (Å²) in [6.45, 7) is 17.3. The van der Waals surface area contributed by atoms with Crippen LogP contribution >= 0.6 is 0 Å². The van der Waals surface area contributed by atoms with Crippen LogP contribution in [0.1, 0.15) is 56.7 Å². The Hall–Kier alpha value is -1.95. The number of aryl methyl sites for hydroxylation is 2. The molecule has 1 atom stereocenters. The maximum atomic E-state index is 4.38. The molecule has 6 heteroatoms. The molecule has 1 aromatic heterocycles. The molecule has 2 heterocycles. The van der Waals surface area contributed by atoms with Gasteiger partial charge in [0, 0.05) is 31.9 Å². The zero-order chi connectivity index (χ0) is 18.8. The van der Waals surface area contributed by atoms with Gasteiger partial charge in [0.05, 0.1) is 12.1 Å². The molecule has 142 valence electrons. The van der Waals surface area contributed by atoms with Gasteiger partial charge < -0.3 is 4.90 Å². The third kappa shape index (κ3) is 3.75. The Morgan fingerprint density at radius 2 is 1.65 bits per heavy atom. The van der Waals surface area contributed by atoms with E-state index in [0.717, 1.165) is 32.0 Å². The molecule has 1 aliphatic heterocycles. The van der Waals surface area contributed by atoms with Crippen LogP contribution in [-0.4, -0.2) is 51.3 Å². The van der Waals surface area contributed by atoms with Crippen molar-refractivity contribution >= 4 is 5.69 Å². The molecule has 1 fully saturated rings. The first-order chi connectivity index (χ1) is 12.4. The summed E-state index contributed by atoms with van der Waals surface area (Å²) in [5.41, 5.74) is 4.05. The van der Waals surface area contributed by atoms with Crippen LogP contribution in [0.4, 0.5) is 5.69 Å². The number of nitrogens with zero attached hydrogens (tertiary/aromatic N) is 6. The van der Waals surface area contributed by atoms with Gasteiger partial charge in [0.25, 0.3) is 0 Å². The molecule has 1 aliphatic rings. The Kier molecular flexibility index (Phi) is 5.61. The second kappa shape index (κ2) is 7.74. The standard InChI is InChI=1S/C20H32N6/c1-14(2)19(20-21-22-23-26(20)15(3)4)25-11-9-24(10-12-25)18-13-16(5)7-8-17(18)6/h7-8,13-15,19H,9-12H2,1-6H3/t19-/m1/s1. The predicted molar refractivity (Wildman–Crippen MR) is 105 cm³/mol. The van der Waals surface area contributed by atoms with E-state index in [0.29, 0.717) is 5.92 Å². The Balaban J connectivity index is 1.76. The summed E-state index contributed by atoms with van der Waals surface area (Å²) in [4.78, 5) is 5.07. The van der Waals surface area contributed by atoms with Gasteiger partial charge in [0.1, 0.15) is 0 Å². The smallest absolute Gasteiger partial charge is 0.168 e. The van der Waals surface area contributed by atoms with Gasteiger partial charge in [-0.15, -0.1) is 5.10 Å². The van der Waals surface area contributed by atoms with Gasteiger partial charge in [-0.2, -0.15) is 0 Å². The third-order valence-corrected chi connectivity index (χ3v) is 5.32. The molecule has 6 nitrogen and oxygen atoms in total. The molecule has 1 aromatic carbocycles. The second-order valence-electron chi connectivity index (χ2n) is 8.08. The molecule has 0 aliphatic carbocycles. The van der Waals surface area contributed by atoms with Gasteiger partial charge in [-0.05, 0) is 61.2 Å². The van der Waals surface area contributed by atoms with E-state index in [1.54, 1.807) is 0 Å². The summed E-state index contributed by atoms with van der Waals surface area (Å²) in [5, 5.41) is 12.6. The quantitative estimate of drug-likeness (QED) is 0.822. The predicted octanol–water partition coefficient (Wildman–Crippen LogP) is 3.39. The molecule has 0 unspecified atom stereocenters. The summed E-state index contributed by atoms with van der Waals surface area (Å²) in [6.07, 6.45) is 0. The van der Waals surface area contributed by atoms with Crippen molar-refractivity contribution in [2.24, 2.45) is 5.92 Å². The van der Waals surface area contributed by atoms with Gasteiger partial charge in [-0.25, -0.2) is 4.68 Å². The average molecular weight is 357 g/mol. The van der Waals surface area contributed by atoms with Crippen LogP contribution in [0.5, 0.6) is 0 Å². The van der Waals surface area contributed by atoms with Crippen molar-refractivity contribution in [3.8, 4) is 0 Å². The van der Waals surface area contributed by atoms with E-state index in [2.05, 4.69) is 85.1 Å². The molecule has 0 bridgehead atoms. The van der Waals surface area contributed by atoms with Crippen LogP contribution in [-0.2, 0) is 0 Å². The van der Waals surface area contributed by atoms with Crippen molar-refractivity contribution in [3.63, 3.8) is 0 Å². The van der Waals surface area contributed by atoms with E-state index in [-0.39, 0.29) is 12.1 Å². The first kappa shape index (κ1) is 18.8. The van der Waals surface area contributed by atoms with Crippen molar-refractivity contribution in [2.45, 2.75) is 53.6 Å². The van der Waals surface area contributed by atoms with E-state index in [4.69, 9.17) is 0 Å². The summed E-state index contributed by atoms with van der Waals surface area (Å²) in [7, 11) is 0. The minimum atomic E-state index is 0.258. The zero-order valence-corrected chi connectivity index (χ0v) is 17.0. The van der Waals surface area contributed by atoms with Crippen LogP contribution < -0.4 is 4.90 Å². The topological polar surface area (TPSA) is 50.1 Å². The Bertz CT molecular complexity index is 728. The number of tetrazole rings is 1. The molecule has 0 spiro atoms. The van der Waals surface area contributed by atoms with E-state index < -0.39 is 0 Å². The fourth-order valence-corrected chi connectivity index (χ4v) is 3.95. The maximum absolute atomic E-state index is 4.38. The number of aromatic nitrogens is 4. The fourth-order valence-electron chi connectivity index (χ4n) is 3.95. The van der Waals surface area contributed by atoms with E-state index in [9.17, 15) is 0 Å². The Morgan fingerprint density at radius 3 is 2.27 bits per heavy atom. The van der Waals surface area contributed by atoms with Crippen molar-refractivity contribution in [1.29, 1.82) is 0 Å². The monoisotopic (exact) mass is 356 g/mol. The summed E-state index contributed by atoms with van der Waals surface area (Å²) >= 11 is 0. The average Bonchev–Trinajstić information content (AvgIpc) is 3.07. The molecular formula is C20H32N6. The summed E-state index contributed by atoms with van der Waals surface area (Å²) in [6, 6.07) is 7.26. The van der Waals surface area contributed by atoms with Crippen molar-refractivity contribution < 1.29 is 0 Å². The van der Waals surface area contributed by atoms with Crippen molar-refractivity contribution in [2.75, 3.05) is 31.1 Å². The molecule has 0 amide bonds. The molecule has 1 saturated heterocycles. The third-order valence-electron chi connectivity index (χ3n) is 5.32. The Morgan fingerprint density at radius 1 is 0.962 bits per heavy atom. The first-order valence-corrected chi connectivity index (χ1v) is 9.72. The van der Waals surface area contributed by atoms with E-state index in [1.807, 2.05) is 4.68 Å². The molecule has 2 aromatic rings. The largest absolute Gasteiger partial charge is 0.369 e. The van der Waals surface area contributed by atoms with Gasteiger partial charge in [0.2, 0.25) is 0 Å². The van der Waals surface area contributed by atoms with Crippen molar-refractivity contribution in [3.05, 3.63) is 35.2 Å². The second-order valence-corrected chi connectivity index (χ2v) is 8.08. The molecule has 3 rings (SSSR count). The van der Waals surface area contributed by atoms with Crippen LogP contribution in [0.15, 0.2) is 18.2 Å². The normalized spacial score (nSPS) is 17.3. The highest BCUT2D eigenvalue weighted by Gasteiger charge is 2.32. The van der Waals surface area contributed by atoms with Crippen LogP contribution in [0, 0.1) is 19.8 Å². The SMILES string of the molecule is Cc1ccc(C)c(N2CCN([C@@H](c3nnnn3C(C)C)C(C)C)CC2)c1. The molecule has 0 saturated carbocycles. The number of anilines is 1. The highest BCUT2D eigenvalue weighted by atomic mass is 15.6. The summed E-state index contributed by atoms with van der Waals surface area (Å²) < 4.78 is 1.97. The van der Waals surface area contributed by atoms with Gasteiger partial charge in [0.15, 0.2) is 5.82 Å². The molecular weight excluding hydrogens is 324 g/mol. The maximum Gasteiger partial charge on any atom is 0.168 e. The van der Waals surface area contributed by atoms with Gasteiger partial charge in [-0.3, -0.25) is 4.90 Å². The van der Waals surface area contributed by atoms with E-state index in [1.165, 1.54) is 16.8 Å². The summed E-state index contributed by atoms with van der Waals surface area (Å²) in [5.74, 6) is 1.46. The van der Waals surface area contributed by atoms with Crippen molar-refractivity contribution in [1.82, 2.24) is 25.1 Å². The van der Waals surface area contributed by atoms with Gasteiger partial charge >= 0.3 is 0 Å². The highest BCUT2D eigenvalue weighted by molar-refractivity contribution is 5.55. The van der Waals surface area contributed by atoms with Gasteiger partial charge in [-0.1, -0.05) is 26.0 Å². The fraction of sp³-hybridized carbons (Fsp3) is 0.650. The number of rotatable bonds is 5. The Labute approximate surface area is 157 Å². The highest BCUT2D eigenvalue weighted by Crippen LogP contribution is 2.30. The number of benzene rings is 1. The minimum absolute atomic E-state index is 0.258. The molecule has 0 radical (unpaired) electrons. The lowest BCUT2D eigenvalue weighted by Crippen LogP contribution is -2.49. The lowest BCUT2D eigenvalue weighted by molar-refractivity contribution is 0.133. The number of hydrogen-bond acceptors (Lipinski definition) is 5. The first-order valence-electron chi connectivity index (χ1n) is 9.72.